The van der Waals surface area contributed by atoms with Crippen molar-refractivity contribution in [2.75, 3.05) is 12.4 Å². The smallest absolute Gasteiger partial charge is 0.356 e. The van der Waals surface area contributed by atoms with E-state index < -0.39 is 5.97 Å². The third kappa shape index (κ3) is 2.25. The fraction of sp³-hybridized carbons (Fsp3) is 0.0909. The van der Waals surface area contributed by atoms with E-state index in [1.54, 1.807) is 25.2 Å². The number of aromatic carboxylic acids is 1. The maximum Gasteiger partial charge on any atom is 0.356 e. The van der Waals surface area contributed by atoms with Gasteiger partial charge in [-0.15, -0.1) is 0 Å². The average molecular weight is 269 g/mol. The van der Waals surface area contributed by atoms with Crippen LogP contribution in [0.25, 0.3) is 10.4 Å². The summed E-state index contributed by atoms with van der Waals surface area (Å²) < 4.78 is 0. The molecular weight excluding hydrogens is 260 g/mol. The van der Waals surface area contributed by atoms with E-state index in [9.17, 15) is 4.79 Å². The summed E-state index contributed by atoms with van der Waals surface area (Å²) in [6.45, 7) is 0. The summed E-state index contributed by atoms with van der Waals surface area (Å²) in [6, 6.07) is 7.11. The van der Waals surface area contributed by atoms with Gasteiger partial charge < -0.3 is 10.4 Å². The van der Waals surface area contributed by atoms with E-state index in [-0.39, 0.29) is 5.69 Å². The Kier molecular flexibility index (Phi) is 3.31. The summed E-state index contributed by atoms with van der Waals surface area (Å²) in [5.41, 5.74) is 0.706. The van der Waals surface area contributed by atoms with E-state index in [2.05, 4.69) is 10.3 Å². The number of carbonyl (C=O) groups is 1. The van der Waals surface area contributed by atoms with Crippen molar-refractivity contribution >= 4 is 34.0 Å². The van der Waals surface area contributed by atoms with Crippen molar-refractivity contribution < 1.29 is 9.90 Å². The molecule has 2 aromatic rings. The minimum absolute atomic E-state index is 0.0208. The SMILES string of the molecule is CNc1nc(C(=O)O)c(-c2ccccc2Cl)s1. The lowest BCUT2D eigenvalue weighted by Gasteiger charge is -2.01. The van der Waals surface area contributed by atoms with Crippen LogP contribution in [-0.4, -0.2) is 23.1 Å². The highest BCUT2D eigenvalue weighted by atomic mass is 35.5. The summed E-state index contributed by atoms with van der Waals surface area (Å²) >= 11 is 7.32. The molecule has 2 rings (SSSR count). The topological polar surface area (TPSA) is 62.2 Å². The average Bonchev–Trinajstić information content (AvgIpc) is 2.73. The Labute approximate surface area is 107 Å². The van der Waals surface area contributed by atoms with Crippen molar-refractivity contribution in [3.8, 4) is 10.4 Å². The zero-order chi connectivity index (χ0) is 12.4. The second-order valence-corrected chi connectivity index (χ2v) is 4.64. The normalized spacial score (nSPS) is 10.2. The molecule has 2 N–H and O–H groups in total. The number of hydrogen-bond acceptors (Lipinski definition) is 4. The molecule has 1 aromatic carbocycles. The van der Waals surface area contributed by atoms with E-state index >= 15 is 0 Å². The van der Waals surface area contributed by atoms with Crippen molar-refractivity contribution in [1.29, 1.82) is 0 Å². The number of nitrogens with zero attached hydrogens (tertiary/aromatic N) is 1. The van der Waals surface area contributed by atoms with Gasteiger partial charge >= 0.3 is 5.97 Å². The summed E-state index contributed by atoms with van der Waals surface area (Å²) in [6.07, 6.45) is 0. The molecule has 0 saturated carbocycles. The molecule has 88 valence electrons. The van der Waals surface area contributed by atoms with Crippen molar-refractivity contribution in [1.82, 2.24) is 4.98 Å². The first-order chi connectivity index (χ1) is 8.13. The van der Waals surface area contributed by atoms with Crippen LogP contribution in [0.1, 0.15) is 10.5 Å². The Morgan fingerprint density at radius 2 is 2.18 bits per heavy atom. The fourth-order valence-electron chi connectivity index (χ4n) is 1.40. The molecule has 1 heterocycles. The van der Waals surface area contributed by atoms with Crippen LogP contribution in [0.4, 0.5) is 5.13 Å². The van der Waals surface area contributed by atoms with Crippen LogP contribution in [0.2, 0.25) is 5.02 Å². The van der Waals surface area contributed by atoms with Gasteiger partial charge in [0, 0.05) is 17.6 Å². The summed E-state index contributed by atoms with van der Waals surface area (Å²) in [5, 5.41) is 13.0. The molecule has 0 unspecified atom stereocenters. The van der Waals surface area contributed by atoms with Crippen LogP contribution in [0.15, 0.2) is 24.3 Å². The zero-order valence-corrected chi connectivity index (χ0v) is 10.5. The number of hydrogen-bond donors (Lipinski definition) is 2. The molecule has 0 fully saturated rings. The largest absolute Gasteiger partial charge is 0.476 e. The van der Waals surface area contributed by atoms with E-state index in [1.165, 1.54) is 11.3 Å². The van der Waals surface area contributed by atoms with Gasteiger partial charge in [0.15, 0.2) is 10.8 Å². The molecule has 1 aromatic heterocycles. The quantitative estimate of drug-likeness (QED) is 0.897. The third-order valence-electron chi connectivity index (χ3n) is 2.16. The second kappa shape index (κ2) is 4.73. The molecule has 0 saturated heterocycles. The lowest BCUT2D eigenvalue weighted by molar-refractivity contribution is 0.0692. The first-order valence-corrected chi connectivity index (χ1v) is 5.99. The van der Waals surface area contributed by atoms with Crippen LogP contribution < -0.4 is 5.32 Å². The van der Waals surface area contributed by atoms with Gasteiger partial charge in [0.2, 0.25) is 0 Å². The standard InChI is InChI=1S/C11H9ClN2O2S/c1-13-11-14-8(10(15)16)9(17-11)6-4-2-3-5-7(6)12/h2-5H,1H3,(H,13,14)(H,15,16). The maximum atomic E-state index is 11.1. The summed E-state index contributed by atoms with van der Waals surface area (Å²) in [7, 11) is 1.70. The van der Waals surface area contributed by atoms with Crippen LogP contribution in [0, 0.1) is 0 Å². The van der Waals surface area contributed by atoms with Gasteiger partial charge in [-0.3, -0.25) is 0 Å². The highest BCUT2D eigenvalue weighted by Crippen LogP contribution is 2.36. The van der Waals surface area contributed by atoms with Crippen LogP contribution >= 0.6 is 22.9 Å². The Morgan fingerprint density at radius 3 is 2.76 bits per heavy atom. The molecule has 0 aliphatic carbocycles. The van der Waals surface area contributed by atoms with E-state index in [4.69, 9.17) is 16.7 Å². The van der Waals surface area contributed by atoms with Gasteiger partial charge in [-0.2, -0.15) is 0 Å². The number of halogens is 1. The van der Waals surface area contributed by atoms with Crippen LogP contribution in [0.3, 0.4) is 0 Å². The number of aromatic nitrogens is 1. The number of carboxylic acids is 1. The molecular formula is C11H9ClN2O2S. The zero-order valence-electron chi connectivity index (χ0n) is 8.90. The van der Waals surface area contributed by atoms with Gasteiger partial charge in [0.05, 0.1) is 4.88 Å². The molecule has 0 amide bonds. The van der Waals surface area contributed by atoms with Crippen molar-refractivity contribution in [2.24, 2.45) is 0 Å². The molecule has 0 aliphatic rings. The molecule has 0 spiro atoms. The predicted octanol–water partition coefficient (Wildman–Crippen LogP) is 3.20. The third-order valence-corrected chi connectivity index (χ3v) is 3.60. The number of anilines is 1. The highest BCUT2D eigenvalue weighted by molar-refractivity contribution is 7.19. The molecule has 0 aliphatic heterocycles. The van der Waals surface area contributed by atoms with Crippen molar-refractivity contribution in [3.05, 3.63) is 35.0 Å². The summed E-state index contributed by atoms with van der Waals surface area (Å²) in [5.74, 6) is -1.06. The van der Waals surface area contributed by atoms with Crippen LogP contribution in [-0.2, 0) is 0 Å². The first-order valence-electron chi connectivity index (χ1n) is 4.80. The molecule has 17 heavy (non-hydrogen) atoms. The van der Waals surface area contributed by atoms with E-state index in [0.29, 0.717) is 20.6 Å². The molecule has 0 atom stereocenters. The molecule has 4 nitrogen and oxygen atoms in total. The number of nitrogens with one attached hydrogen (secondary N) is 1. The van der Waals surface area contributed by atoms with Gasteiger partial charge in [-0.05, 0) is 6.07 Å². The Morgan fingerprint density at radius 1 is 1.47 bits per heavy atom. The number of thiazole rings is 1. The Hall–Kier alpha value is -1.59. The monoisotopic (exact) mass is 268 g/mol. The van der Waals surface area contributed by atoms with Crippen molar-refractivity contribution in [3.63, 3.8) is 0 Å². The lowest BCUT2D eigenvalue weighted by Crippen LogP contribution is -1.99. The first kappa shape index (κ1) is 11.9. The van der Waals surface area contributed by atoms with Crippen LogP contribution in [0.5, 0.6) is 0 Å². The number of benzene rings is 1. The maximum absolute atomic E-state index is 11.1. The Balaban J connectivity index is 2.62. The molecule has 6 heteroatoms. The number of rotatable bonds is 3. The predicted molar refractivity (Wildman–Crippen MR) is 69.1 cm³/mol. The molecule has 0 bridgehead atoms. The van der Waals surface area contributed by atoms with E-state index in [1.807, 2.05) is 6.07 Å². The van der Waals surface area contributed by atoms with Gasteiger partial charge in [-0.25, -0.2) is 9.78 Å². The van der Waals surface area contributed by atoms with Crippen molar-refractivity contribution in [2.45, 2.75) is 0 Å². The second-order valence-electron chi connectivity index (χ2n) is 3.23. The minimum atomic E-state index is -1.06. The van der Waals surface area contributed by atoms with Gasteiger partial charge in [0.25, 0.3) is 0 Å². The lowest BCUT2D eigenvalue weighted by atomic mass is 10.1. The fourth-order valence-corrected chi connectivity index (χ4v) is 2.64. The van der Waals surface area contributed by atoms with Gasteiger partial charge in [-0.1, -0.05) is 41.1 Å². The minimum Gasteiger partial charge on any atom is -0.476 e. The number of carboxylic acid groups (broad SMARTS) is 1. The summed E-state index contributed by atoms with van der Waals surface area (Å²) in [4.78, 5) is 15.7. The molecule has 0 radical (unpaired) electrons. The Bertz CT molecular complexity index is 568. The van der Waals surface area contributed by atoms with Gasteiger partial charge in [0.1, 0.15) is 0 Å². The highest BCUT2D eigenvalue weighted by Gasteiger charge is 2.19. The van der Waals surface area contributed by atoms with E-state index in [0.717, 1.165) is 0 Å².